The van der Waals surface area contributed by atoms with Gasteiger partial charge < -0.3 is 15.3 Å². The highest BCUT2D eigenvalue weighted by Crippen LogP contribution is 2.25. The fraction of sp³-hybridized carbons (Fsp3) is 0.286. The SMILES string of the molecule is Cc1ccc(CNC(=O)C2CCN(C(=O)c3cc(Cc4ccccc4)ccc3O)CC2)cc1F. The molecule has 1 aliphatic heterocycles. The number of phenolic OH excluding ortho intramolecular Hbond substituents is 1. The Morgan fingerprint density at radius 1 is 0.971 bits per heavy atom. The first kappa shape index (κ1) is 23.5. The fourth-order valence-corrected chi connectivity index (χ4v) is 4.29. The van der Waals surface area contributed by atoms with Gasteiger partial charge in [-0.2, -0.15) is 0 Å². The van der Waals surface area contributed by atoms with Gasteiger partial charge >= 0.3 is 0 Å². The lowest BCUT2D eigenvalue weighted by Gasteiger charge is -2.31. The summed E-state index contributed by atoms with van der Waals surface area (Å²) in [6, 6.07) is 20.1. The maximum absolute atomic E-state index is 13.7. The van der Waals surface area contributed by atoms with E-state index in [1.165, 1.54) is 6.07 Å². The number of rotatable bonds is 6. The van der Waals surface area contributed by atoms with Crippen molar-refractivity contribution in [3.05, 3.63) is 100 Å². The Morgan fingerprint density at radius 3 is 2.38 bits per heavy atom. The maximum Gasteiger partial charge on any atom is 0.257 e. The zero-order valence-corrected chi connectivity index (χ0v) is 19.3. The molecule has 0 aromatic heterocycles. The number of phenols is 1. The molecule has 34 heavy (non-hydrogen) atoms. The summed E-state index contributed by atoms with van der Waals surface area (Å²) in [5.41, 5.74) is 3.66. The summed E-state index contributed by atoms with van der Waals surface area (Å²) in [4.78, 5) is 27.4. The van der Waals surface area contributed by atoms with E-state index >= 15 is 0 Å². The van der Waals surface area contributed by atoms with E-state index in [1.54, 1.807) is 36.1 Å². The van der Waals surface area contributed by atoms with Gasteiger partial charge in [0.15, 0.2) is 0 Å². The molecule has 0 saturated carbocycles. The van der Waals surface area contributed by atoms with E-state index in [2.05, 4.69) is 5.32 Å². The van der Waals surface area contributed by atoms with Gasteiger partial charge in [-0.3, -0.25) is 9.59 Å². The second-order valence-corrected chi connectivity index (χ2v) is 8.88. The lowest BCUT2D eigenvalue weighted by molar-refractivity contribution is -0.126. The van der Waals surface area contributed by atoms with Gasteiger partial charge in [0.2, 0.25) is 5.91 Å². The van der Waals surface area contributed by atoms with E-state index in [0.717, 1.165) is 16.7 Å². The number of hydrogen-bond donors (Lipinski definition) is 2. The van der Waals surface area contributed by atoms with Crippen LogP contribution in [0.1, 0.15) is 45.5 Å². The van der Waals surface area contributed by atoms with Gasteiger partial charge in [-0.15, -0.1) is 0 Å². The highest BCUT2D eigenvalue weighted by molar-refractivity contribution is 5.97. The number of carbonyl (C=O) groups excluding carboxylic acids is 2. The van der Waals surface area contributed by atoms with Crippen molar-refractivity contribution < 1.29 is 19.1 Å². The Kier molecular flexibility index (Phi) is 7.26. The molecule has 0 bridgehead atoms. The van der Waals surface area contributed by atoms with Crippen molar-refractivity contribution in [3.8, 4) is 5.75 Å². The topological polar surface area (TPSA) is 69.6 Å². The largest absolute Gasteiger partial charge is 0.507 e. The predicted molar refractivity (Wildman–Crippen MR) is 129 cm³/mol. The molecule has 0 radical (unpaired) electrons. The van der Waals surface area contributed by atoms with E-state index in [1.807, 2.05) is 36.4 Å². The van der Waals surface area contributed by atoms with Crippen molar-refractivity contribution in [2.45, 2.75) is 32.7 Å². The molecule has 3 aromatic carbocycles. The minimum Gasteiger partial charge on any atom is -0.507 e. The number of aromatic hydroxyl groups is 1. The number of likely N-dealkylation sites (tertiary alicyclic amines) is 1. The molecule has 1 aliphatic rings. The zero-order valence-electron chi connectivity index (χ0n) is 19.3. The Bertz CT molecular complexity index is 1170. The fourth-order valence-electron chi connectivity index (χ4n) is 4.29. The van der Waals surface area contributed by atoms with Crippen LogP contribution in [0.4, 0.5) is 4.39 Å². The van der Waals surface area contributed by atoms with E-state index in [4.69, 9.17) is 0 Å². The van der Waals surface area contributed by atoms with Crippen LogP contribution in [0.25, 0.3) is 0 Å². The molecule has 176 valence electrons. The van der Waals surface area contributed by atoms with Crippen LogP contribution in [0, 0.1) is 18.7 Å². The van der Waals surface area contributed by atoms with Gasteiger partial charge in [0.25, 0.3) is 5.91 Å². The molecule has 2 amide bonds. The minimum atomic E-state index is -0.283. The molecule has 1 saturated heterocycles. The van der Waals surface area contributed by atoms with Crippen molar-refractivity contribution in [2.75, 3.05) is 13.1 Å². The molecule has 4 rings (SSSR count). The highest BCUT2D eigenvalue weighted by Gasteiger charge is 2.28. The summed E-state index contributed by atoms with van der Waals surface area (Å²) >= 11 is 0. The van der Waals surface area contributed by atoms with Crippen LogP contribution in [0.15, 0.2) is 66.7 Å². The van der Waals surface area contributed by atoms with Gasteiger partial charge in [-0.25, -0.2) is 4.39 Å². The number of hydrogen-bond acceptors (Lipinski definition) is 3. The number of amides is 2. The summed E-state index contributed by atoms with van der Waals surface area (Å²) in [6.07, 6.45) is 1.77. The number of piperidine rings is 1. The van der Waals surface area contributed by atoms with Crippen molar-refractivity contribution in [1.82, 2.24) is 10.2 Å². The van der Waals surface area contributed by atoms with Gasteiger partial charge in [0, 0.05) is 25.6 Å². The number of aryl methyl sites for hydroxylation is 1. The van der Waals surface area contributed by atoms with Crippen molar-refractivity contribution in [1.29, 1.82) is 0 Å². The second-order valence-electron chi connectivity index (χ2n) is 8.88. The summed E-state index contributed by atoms with van der Waals surface area (Å²) in [6.45, 7) is 2.86. The van der Waals surface area contributed by atoms with Crippen molar-refractivity contribution in [3.63, 3.8) is 0 Å². The first-order valence-corrected chi connectivity index (χ1v) is 11.6. The molecule has 5 nitrogen and oxygen atoms in total. The monoisotopic (exact) mass is 460 g/mol. The number of benzene rings is 3. The number of carbonyl (C=O) groups is 2. The van der Waals surface area contributed by atoms with Gasteiger partial charge in [0.1, 0.15) is 11.6 Å². The predicted octanol–water partition coefficient (Wildman–Crippen LogP) is 4.60. The van der Waals surface area contributed by atoms with Crippen LogP contribution in [0.3, 0.4) is 0 Å². The Morgan fingerprint density at radius 2 is 1.68 bits per heavy atom. The number of nitrogens with one attached hydrogen (secondary N) is 1. The average molecular weight is 461 g/mol. The van der Waals surface area contributed by atoms with Gasteiger partial charge in [0.05, 0.1) is 5.56 Å². The number of halogens is 1. The van der Waals surface area contributed by atoms with E-state index < -0.39 is 0 Å². The van der Waals surface area contributed by atoms with Crippen LogP contribution < -0.4 is 5.32 Å². The Labute approximate surface area is 199 Å². The van der Waals surface area contributed by atoms with Crippen LogP contribution in [-0.2, 0) is 17.8 Å². The van der Waals surface area contributed by atoms with Crippen LogP contribution >= 0.6 is 0 Å². The maximum atomic E-state index is 13.7. The van der Waals surface area contributed by atoms with E-state index in [-0.39, 0.29) is 41.4 Å². The summed E-state index contributed by atoms with van der Waals surface area (Å²) in [5.74, 6) is -0.818. The molecular weight excluding hydrogens is 431 g/mol. The summed E-state index contributed by atoms with van der Waals surface area (Å²) < 4.78 is 13.7. The smallest absolute Gasteiger partial charge is 0.257 e. The highest BCUT2D eigenvalue weighted by atomic mass is 19.1. The molecule has 2 N–H and O–H groups in total. The Hall–Kier alpha value is -3.67. The standard InChI is InChI=1S/C28H29FN2O3/c1-19-7-8-22(17-25(19)29)18-30-27(33)23-11-13-31(14-12-23)28(34)24-16-21(9-10-26(24)32)15-20-5-3-2-4-6-20/h2-10,16-17,23,32H,11-15,18H2,1H3,(H,30,33). The molecule has 1 heterocycles. The second kappa shape index (κ2) is 10.5. The molecule has 6 heteroatoms. The Balaban J connectivity index is 1.32. The molecule has 1 fully saturated rings. The van der Waals surface area contributed by atoms with E-state index in [9.17, 15) is 19.1 Å². The van der Waals surface area contributed by atoms with Crippen molar-refractivity contribution >= 4 is 11.8 Å². The quantitative estimate of drug-likeness (QED) is 0.565. The van der Waals surface area contributed by atoms with Gasteiger partial charge in [-0.05, 0) is 66.6 Å². The summed E-state index contributed by atoms with van der Waals surface area (Å²) in [5, 5.41) is 13.2. The zero-order chi connectivity index (χ0) is 24.1. The molecular formula is C28H29FN2O3. The third-order valence-electron chi connectivity index (χ3n) is 6.40. The van der Waals surface area contributed by atoms with Crippen LogP contribution in [0.5, 0.6) is 5.75 Å². The average Bonchev–Trinajstić information content (AvgIpc) is 2.86. The van der Waals surface area contributed by atoms with E-state index in [0.29, 0.717) is 37.9 Å². The van der Waals surface area contributed by atoms with Crippen LogP contribution in [0.2, 0.25) is 0 Å². The molecule has 0 spiro atoms. The molecule has 0 aliphatic carbocycles. The van der Waals surface area contributed by atoms with Crippen molar-refractivity contribution in [2.24, 2.45) is 5.92 Å². The van der Waals surface area contributed by atoms with Gasteiger partial charge in [-0.1, -0.05) is 48.5 Å². The lowest BCUT2D eigenvalue weighted by Crippen LogP contribution is -2.43. The normalized spacial score (nSPS) is 14.1. The third-order valence-corrected chi connectivity index (χ3v) is 6.40. The minimum absolute atomic E-state index is 0.0352. The molecule has 0 unspecified atom stereocenters. The number of nitrogens with zero attached hydrogens (tertiary/aromatic N) is 1. The van der Waals surface area contributed by atoms with Crippen LogP contribution in [-0.4, -0.2) is 34.9 Å². The first-order chi connectivity index (χ1) is 16.4. The molecule has 3 aromatic rings. The molecule has 0 atom stereocenters. The first-order valence-electron chi connectivity index (χ1n) is 11.6. The third kappa shape index (κ3) is 5.63. The summed E-state index contributed by atoms with van der Waals surface area (Å²) in [7, 11) is 0. The lowest BCUT2D eigenvalue weighted by atomic mass is 9.94.